The highest BCUT2D eigenvalue weighted by Gasteiger charge is 2.10. The molecule has 0 spiro atoms. The van der Waals surface area contributed by atoms with E-state index >= 15 is 0 Å². The predicted molar refractivity (Wildman–Crippen MR) is 88.4 cm³/mol. The third kappa shape index (κ3) is 4.92. The first-order valence-corrected chi connectivity index (χ1v) is 8.00. The van der Waals surface area contributed by atoms with Gasteiger partial charge in [0, 0.05) is 11.9 Å². The number of allylic oxidation sites excluding steroid dienone is 1. The fraction of sp³-hybridized carbons (Fsp3) is 0.500. The molecule has 21 heavy (non-hydrogen) atoms. The maximum atomic E-state index is 12.0. The molecule has 3 nitrogen and oxygen atoms in total. The molecule has 0 heterocycles. The van der Waals surface area contributed by atoms with Crippen LogP contribution in [0.3, 0.4) is 0 Å². The average molecular weight is 286 g/mol. The lowest BCUT2D eigenvalue weighted by molar-refractivity contribution is 0.255. The van der Waals surface area contributed by atoms with E-state index in [1.807, 2.05) is 18.2 Å². The van der Waals surface area contributed by atoms with Gasteiger partial charge in [-0.1, -0.05) is 57.4 Å². The van der Waals surface area contributed by atoms with Gasteiger partial charge in [-0.3, -0.25) is 0 Å². The van der Waals surface area contributed by atoms with Gasteiger partial charge in [0.05, 0.1) is 0 Å². The lowest BCUT2D eigenvalue weighted by Crippen LogP contribution is -2.24. The molecule has 0 aliphatic heterocycles. The van der Waals surface area contributed by atoms with Crippen LogP contribution in [0, 0.1) is 5.92 Å². The van der Waals surface area contributed by atoms with Crippen molar-refractivity contribution in [1.82, 2.24) is 5.32 Å². The number of anilines is 1. The molecule has 114 valence electrons. The van der Waals surface area contributed by atoms with Crippen molar-refractivity contribution in [1.29, 1.82) is 0 Å². The van der Waals surface area contributed by atoms with Gasteiger partial charge >= 0.3 is 6.03 Å². The number of nitrogens with one attached hydrogen (secondary N) is 2. The van der Waals surface area contributed by atoms with E-state index < -0.39 is 0 Å². The van der Waals surface area contributed by atoms with Crippen LogP contribution in [0.4, 0.5) is 10.5 Å². The van der Waals surface area contributed by atoms with Crippen molar-refractivity contribution in [3.8, 4) is 0 Å². The van der Waals surface area contributed by atoms with Gasteiger partial charge in [0.1, 0.15) is 0 Å². The number of para-hydroxylation sites is 1. The van der Waals surface area contributed by atoms with Crippen LogP contribution in [0.15, 0.2) is 36.5 Å². The predicted octanol–water partition coefficient (Wildman–Crippen LogP) is 5.03. The molecule has 3 heteroatoms. The molecule has 1 aliphatic rings. The number of rotatable bonds is 4. The lowest BCUT2D eigenvalue weighted by atomic mass is 9.89. The molecule has 2 amide bonds. The minimum absolute atomic E-state index is 0.171. The average Bonchev–Trinajstić information content (AvgIpc) is 2.48. The Bertz CT molecular complexity index is 488. The zero-order valence-electron chi connectivity index (χ0n) is 13.1. The van der Waals surface area contributed by atoms with Crippen molar-refractivity contribution in [2.75, 3.05) is 5.32 Å². The third-order valence-corrected chi connectivity index (χ3v) is 4.06. The molecular formula is C18H26N2O. The van der Waals surface area contributed by atoms with Crippen molar-refractivity contribution in [3.63, 3.8) is 0 Å². The first-order valence-electron chi connectivity index (χ1n) is 8.00. The number of carbonyl (C=O) groups excluding carboxylic acids is 1. The topological polar surface area (TPSA) is 41.1 Å². The Hall–Kier alpha value is -1.77. The highest BCUT2D eigenvalue weighted by Crippen LogP contribution is 2.25. The molecular weight excluding hydrogens is 260 g/mol. The van der Waals surface area contributed by atoms with E-state index in [0.717, 1.165) is 11.3 Å². The maximum absolute atomic E-state index is 12.0. The summed E-state index contributed by atoms with van der Waals surface area (Å²) in [6.45, 7) is 4.25. The molecule has 2 rings (SSSR count). The Morgan fingerprint density at radius 3 is 2.62 bits per heavy atom. The van der Waals surface area contributed by atoms with Crippen LogP contribution in [-0.2, 0) is 0 Å². The molecule has 0 aromatic heterocycles. The smallest absolute Gasteiger partial charge is 0.315 e. The zero-order valence-corrected chi connectivity index (χ0v) is 13.1. The second-order valence-corrected chi connectivity index (χ2v) is 6.10. The van der Waals surface area contributed by atoms with Gasteiger partial charge in [0.2, 0.25) is 0 Å². The van der Waals surface area contributed by atoms with Gasteiger partial charge in [-0.15, -0.1) is 0 Å². The quantitative estimate of drug-likeness (QED) is 0.801. The second-order valence-electron chi connectivity index (χ2n) is 6.10. The Kier molecular flexibility index (Phi) is 5.85. The zero-order chi connectivity index (χ0) is 15.1. The molecule has 1 aromatic rings. The van der Waals surface area contributed by atoms with E-state index in [4.69, 9.17) is 0 Å². The van der Waals surface area contributed by atoms with Crippen molar-refractivity contribution in [2.24, 2.45) is 5.92 Å². The standard InChI is InChI=1S/C18H26N2O/c1-14(2)16-10-6-7-11-17(16)20-18(21)19-13-12-15-8-4-3-5-9-15/h6-7,10-15H,3-5,8-9H2,1-2H3,(H2,19,20,21)/b13-12+. The molecule has 0 saturated heterocycles. The number of hydrogen-bond acceptors (Lipinski definition) is 1. The Morgan fingerprint density at radius 2 is 1.90 bits per heavy atom. The molecule has 2 N–H and O–H groups in total. The molecule has 0 radical (unpaired) electrons. The summed E-state index contributed by atoms with van der Waals surface area (Å²) in [5.41, 5.74) is 2.04. The largest absolute Gasteiger partial charge is 0.323 e. The van der Waals surface area contributed by atoms with Gasteiger partial charge in [0.25, 0.3) is 0 Å². The summed E-state index contributed by atoms with van der Waals surface area (Å²) in [7, 11) is 0. The first kappa shape index (κ1) is 15.6. The van der Waals surface area contributed by atoms with Crippen molar-refractivity contribution in [3.05, 3.63) is 42.1 Å². The third-order valence-electron chi connectivity index (χ3n) is 4.06. The van der Waals surface area contributed by atoms with E-state index in [-0.39, 0.29) is 6.03 Å². The van der Waals surface area contributed by atoms with Crippen LogP contribution < -0.4 is 10.6 Å². The monoisotopic (exact) mass is 286 g/mol. The minimum Gasteiger partial charge on any atom is -0.315 e. The fourth-order valence-electron chi connectivity index (χ4n) is 2.86. The number of benzene rings is 1. The van der Waals surface area contributed by atoms with Crippen LogP contribution in [0.5, 0.6) is 0 Å². The van der Waals surface area contributed by atoms with Crippen LogP contribution in [-0.4, -0.2) is 6.03 Å². The Morgan fingerprint density at radius 1 is 1.19 bits per heavy atom. The molecule has 0 unspecified atom stereocenters. The summed E-state index contributed by atoms with van der Waals surface area (Å²) in [6, 6.07) is 7.77. The molecule has 1 aromatic carbocycles. The normalized spacial score (nSPS) is 16.3. The molecule has 1 aliphatic carbocycles. The summed E-state index contributed by atoms with van der Waals surface area (Å²) < 4.78 is 0. The summed E-state index contributed by atoms with van der Waals surface area (Å²) >= 11 is 0. The SMILES string of the molecule is CC(C)c1ccccc1NC(=O)N/C=C/C1CCCCC1. The van der Waals surface area contributed by atoms with Crippen molar-refractivity contribution in [2.45, 2.75) is 51.9 Å². The van der Waals surface area contributed by atoms with Gasteiger partial charge in [0.15, 0.2) is 0 Å². The summed E-state index contributed by atoms with van der Waals surface area (Å²) in [5.74, 6) is 1.02. The van der Waals surface area contributed by atoms with Gasteiger partial charge < -0.3 is 10.6 Å². The Balaban J connectivity index is 1.85. The summed E-state index contributed by atoms with van der Waals surface area (Å²) in [6.07, 6.45) is 10.4. The summed E-state index contributed by atoms with van der Waals surface area (Å²) in [5, 5.41) is 5.74. The highest BCUT2D eigenvalue weighted by atomic mass is 16.2. The second kappa shape index (κ2) is 7.87. The molecule has 1 fully saturated rings. The van der Waals surface area contributed by atoms with Crippen LogP contribution in [0.25, 0.3) is 0 Å². The molecule has 1 saturated carbocycles. The van der Waals surface area contributed by atoms with Gasteiger partial charge in [-0.2, -0.15) is 0 Å². The van der Waals surface area contributed by atoms with Gasteiger partial charge in [-0.05, 0) is 36.3 Å². The lowest BCUT2D eigenvalue weighted by Gasteiger charge is -2.17. The van der Waals surface area contributed by atoms with E-state index in [1.165, 1.54) is 32.1 Å². The Labute approximate surface area is 127 Å². The van der Waals surface area contributed by atoms with Crippen molar-refractivity contribution >= 4 is 11.7 Å². The van der Waals surface area contributed by atoms with E-state index in [2.05, 4.69) is 36.6 Å². The van der Waals surface area contributed by atoms with Gasteiger partial charge in [-0.25, -0.2) is 4.79 Å². The van der Waals surface area contributed by atoms with E-state index in [9.17, 15) is 4.79 Å². The van der Waals surface area contributed by atoms with Crippen LogP contribution >= 0.6 is 0 Å². The van der Waals surface area contributed by atoms with Crippen LogP contribution in [0.1, 0.15) is 57.4 Å². The van der Waals surface area contributed by atoms with Crippen LogP contribution in [0.2, 0.25) is 0 Å². The number of hydrogen-bond donors (Lipinski definition) is 2. The van der Waals surface area contributed by atoms with Crippen molar-refractivity contribution < 1.29 is 4.79 Å². The fourth-order valence-corrected chi connectivity index (χ4v) is 2.86. The first-order chi connectivity index (χ1) is 10.2. The molecule has 0 atom stereocenters. The van der Waals surface area contributed by atoms with E-state index in [0.29, 0.717) is 11.8 Å². The molecule has 0 bridgehead atoms. The number of carbonyl (C=O) groups is 1. The minimum atomic E-state index is -0.171. The maximum Gasteiger partial charge on any atom is 0.323 e. The number of urea groups is 1. The summed E-state index contributed by atoms with van der Waals surface area (Å²) in [4.78, 5) is 12.0. The highest BCUT2D eigenvalue weighted by molar-refractivity contribution is 5.90. The number of amides is 2. The van der Waals surface area contributed by atoms with E-state index in [1.54, 1.807) is 6.20 Å².